The molecule has 5 rings (SSSR count). The standard InChI is InChI=1S/C22H21N2/c1-12-10-13(2)20-18(15(12)4)22-19-16(8-9-23(22)5)6-7-17-14(3)11-24(20)21(17)19/h6-11H,1-5H3/q+1. The summed E-state index contributed by atoms with van der Waals surface area (Å²) in [5.74, 6) is 0. The first kappa shape index (κ1) is 13.8. The molecule has 0 radical (unpaired) electrons. The number of rotatable bonds is 0. The van der Waals surface area contributed by atoms with Crippen LogP contribution in [0.4, 0.5) is 0 Å². The van der Waals surface area contributed by atoms with Crippen molar-refractivity contribution in [1.29, 1.82) is 0 Å². The van der Waals surface area contributed by atoms with Gasteiger partial charge in [-0.1, -0.05) is 18.2 Å². The lowest BCUT2D eigenvalue weighted by molar-refractivity contribution is -0.643. The van der Waals surface area contributed by atoms with Gasteiger partial charge in [-0.15, -0.1) is 0 Å². The molecule has 0 bridgehead atoms. The molecule has 0 spiro atoms. The molecule has 3 heterocycles. The second-order valence-electron chi connectivity index (χ2n) is 7.24. The lowest BCUT2D eigenvalue weighted by Gasteiger charge is -2.15. The Morgan fingerprint density at radius 1 is 0.833 bits per heavy atom. The van der Waals surface area contributed by atoms with Crippen LogP contribution >= 0.6 is 0 Å². The van der Waals surface area contributed by atoms with Gasteiger partial charge in [-0.2, -0.15) is 0 Å². The van der Waals surface area contributed by atoms with E-state index in [4.69, 9.17) is 0 Å². The van der Waals surface area contributed by atoms with E-state index in [0.717, 1.165) is 0 Å². The van der Waals surface area contributed by atoms with Crippen LogP contribution in [0.25, 0.3) is 38.1 Å². The van der Waals surface area contributed by atoms with E-state index in [1.165, 1.54) is 60.3 Å². The highest BCUT2D eigenvalue weighted by Gasteiger charge is 2.23. The van der Waals surface area contributed by atoms with Crippen molar-refractivity contribution in [3.63, 3.8) is 0 Å². The van der Waals surface area contributed by atoms with Gasteiger partial charge in [-0.3, -0.25) is 0 Å². The number of nitrogens with zero attached hydrogens (tertiary/aromatic N) is 2. The number of fused-ring (bicyclic) bond motifs is 3. The molecule has 0 N–H and O–H groups in total. The summed E-state index contributed by atoms with van der Waals surface area (Å²) in [6.07, 6.45) is 4.50. The first-order valence-corrected chi connectivity index (χ1v) is 8.53. The maximum Gasteiger partial charge on any atom is 0.224 e. The summed E-state index contributed by atoms with van der Waals surface area (Å²) in [5, 5.41) is 5.44. The first-order chi connectivity index (χ1) is 11.5. The van der Waals surface area contributed by atoms with E-state index in [0.29, 0.717) is 0 Å². The zero-order valence-electron chi connectivity index (χ0n) is 14.9. The smallest absolute Gasteiger partial charge is 0.224 e. The fraction of sp³-hybridized carbons (Fsp3) is 0.227. The number of hydrogen-bond acceptors (Lipinski definition) is 0. The van der Waals surface area contributed by atoms with Crippen LogP contribution in [-0.2, 0) is 7.05 Å². The Kier molecular flexibility index (Phi) is 2.45. The van der Waals surface area contributed by atoms with E-state index in [1.54, 1.807) is 0 Å². The molecule has 0 aliphatic carbocycles. The maximum absolute atomic E-state index is 2.43. The quantitative estimate of drug-likeness (QED) is 0.218. The highest BCUT2D eigenvalue weighted by atomic mass is 14.9. The summed E-state index contributed by atoms with van der Waals surface area (Å²) in [7, 11) is 2.17. The second kappa shape index (κ2) is 4.27. The molecule has 0 saturated heterocycles. The summed E-state index contributed by atoms with van der Waals surface area (Å²) in [6.45, 7) is 8.93. The molecule has 2 heteroatoms. The molecule has 0 fully saturated rings. The van der Waals surface area contributed by atoms with Crippen molar-refractivity contribution in [1.82, 2.24) is 4.40 Å². The van der Waals surface area contributed by atoms with E-state index in [9.17, 15) is 0 Å². The van der Waals surface area contributed by atoms with Crippen LogP contribution in [-0.4, -0.2) is 4.40 Å². The Bertz CT molecular complexity index is 1290. The van der Waals surface area contributed by atoms with Crippen LogP contribution in [0.3, 0.4) is 0 Å². The number of hydrogen-bond donors (Lipinski definition) is 0. The average molecular weight is 313 g/mol. The first-order valence-electron chi connectivity index (χ1n) is 8.53. The van der Waals surface area contributed by atoms with Gasteiger partial charge in [0.05, 0.1) is 21.8 Å². The van der Waals surface area contributed by atoms with E-state index < -0.39 is 0 Å². The van der Waals surface area contributed by atoms with Gasteiger partial charge < -0.3 is 4.40 Å². The van der Waals surface area contributed by atoms with Crippen LogP contribution in [0.15, 0.2) is 36.7 Å². The van der Waals surface area contributed by atoms with E-state index in [2.05, 4.69) is 80.4 Å². The summed E-state index contributed by atoms with van der Waals surface area (Å²) in [6, 6.07) is 9.09. The highest BCUT2D eigenvalue weighted by Crippen LogP contribution is 2.39. The zero-order valence-corrected chi connectivity index (χ0v) is 14.9. The maximum atomic E-state index is 2.43. The van der Waals surface area contributed by atoms with Gasteiger partial charge in [0, 0.05) is 17.6 Å². The van der Waals surface area contributed by atoms with Gasteiger partial charge >= 0.3 is 0 Å². The van der Waals surface area contributed by atoms with Crippen LogP contribution in [0.1, 0.15) is 22.3 Å². The van der Waals surface area contributed by atoms with Crippen molar-refractivity contribution >= 4 is 38.1 Å². The molecule has 2 aromatic carbocycles. The van der Waals surface area contributed by atoms with Gasteiger partial charge in [0.1, 0.15) is 7.05 Å². The molecule has 0 aliphatic heterocycles. The van der Waals surface area contributed by atoms with Gasteiger partial charge in [0.25, 0.3) is 0 Å². The molecule has 3 aromatic heterocycles. The van der Waals surface area contributed by atoms with Crippen LogP contribution in [0.5, 0.6) is 0 Å². The van der Waals surface area contributed by atoms with Crippen molar-refractivity contribution in [2.45, 2.75) is 27.7 Å². The Morgan fingerprint density at radius 2 is 1.62 bits per heavy atom. The average Bonchev–Trinajstić information content (AvgIpc) is 2.89. The number of aryl methyl sites for hydroxylation is 5. The van der Waals surface area contributed by atoms with E-state index in [-0.39, 0.29) is 0 Å². The molecule has 0 amide bonds. The van der Waals surface area contributed by atoms with Crippen molar-refractivity contribution in [2.24, 2.45) is 7.05 Å². The van der Waals surface area contributed by atoms with Crippen LogP contribution < -0.4 is 4.57 Å². The predicted octanol–water partition coefficient (Wildman–Crippen LogP) is 4.89. The lowest BCUT2D eigenvalue weighted by atomic mass is 9.95. The van der Waals surface area contributed by atoms with Crippen molar-refractivity contribution in [2.75, 3.05) is 0 Å². The fourth-order valence-corrected chi connectivity index (χ4v) is 4.48. The minimum absolute atomic E-state index is 1.32. The molecule has 0 aliphatic rings. The third-order valence-corrected chi connectivity index (χ3v) is 5.75. The van der Waals surface area contributed by atoms with Crippen LogP contribution in [0, 0.1) is 27.7 Å². The number of pyridine rings is 2. The largest absolute Gasteiger partial charge is 0.314 e. The Hall–Kier alpha value is -2.61. The van der Waals surface area contributed by atoms with Crippen LogP contribution in [0.2, 0.25) is 0 Å². The summed E-state index contributed by atoms with van der Waals surface area (Å²) in [4.78, 5) is 0. The topological polar surface area (TPSA) is 8.29 Å². The minimum Gasteiger partial charge on any atom is -0.314 e. The van der Waals surface area contributed by atoms with E-state index in [1.807, 2.05) is 0 Å². The van der Waals surface area contributed by atoms with Crippen molar-refractivity contribution in [3.05, 3.63) is 58.9 Å². The summed E-state index contributed by atoms with van der Waals surface area (Å²) in [5.41, 5.74) is 9.48. The van der Waals surface area contributed by atoms with Crippen molar-refractivity contribution in [3.8, 4) is 0 Å². The van der Waals surface area contributed by atoms with Gasteiger partial charge in [0.15, 0.2) is 6.20 Å². The third-order valence-electron chi connectivity index (χ3n) is 5.75. The summed E-state index contributed by atoms with van der Waals surface area (Å²) < 4.78 is 4.72. The number of aromatic nitrogens is 2. The van der Waals surface area contributed by atoms with Gasteiger partial charge in [-0.25, -0.2) is 4.57 Å². The van der Waals surface area contributed by atoms with Gasteiger partial charge in [-0.05, 0) is 55.3 Å². The lowest BCUT2D eigenvalue weighted by Crippen LogP contribution is -2.29. The minimum atomic E-state index is 1.32. The monoisotopic (exact) mass is 313 g/mol. The van der Waals surface area contributed by atoms with Gasteiger partial charge in [0.2, 0.25) is 5.52 Å². The Balaban J connectivity index is 2.34. The molecule has 2 nitrogen and oxygen atoms in total. The molecule has 0 saturated carbocycles. The molecule has 24 heavy (non-hydrogen) atoms. The molecule has 0 unspecified atom stereocenters. The normalized spacial score (nSPS) is 12.4. The SMILES string of the molecule is Cc1cc(C)c2c(c1C)c1c3c(ccc4c(C)cn2c43)cc[n+]1C. The fourth-order valence-electron chi connectivity index (χ4n) is 4.48. The predicted molar refractivity (Wildman–Crippen MR) is 101 cm³/mol. The van der Waals surface area contributed by atoms with E-state index >= 15 is 0 Å². The Morgan fingerprint density at radius 3 is 2.42 bits per heavy atom. The molecular weight excluding hydrogens is 292 g/mol. The number of benzene rings is 2. The van der Waals surface area contributed by atoms with Crippen molar-refractivity contribution < 1.29 is 4.57 Å². The molecule has 118 valence electrons. The third kappa shape index (κ3) is 1.44. The zero-order chi connectivity index (χ0) is 16.7. The second-order valence-corrected chi connectivity index (χ2v) is 7.24. The molecule has 0 atom stereocenters. The molecule has 5 aromatic rings. The Labute approximate surface area is 141 Å². The molecular formula is C22H21N2+. The summed E-state index contributed by atoms with van der Waals surface area (Å²) >= 11 is 0. The highest BCUT2D eigenvalue weighted by molar-refractivity contribution is 6.22.